The van der Waals surface area contributed by atoms with E-state index in [1.165, 1.54) is 25.9 Å². The van der Waals surface area contributed by atoms with Crippen LogP contribution in [-0.2, 0) is 0 Å². The van der Waals surface area contributed by atoms with Crippen LogP contribution in [0.5, 0.6) is 0 Å². The number of halogens is 1. The van der Waals surface area contributed by atoms with Crippen molar-refractivity contribution >= 4 is 28.5 Å². The quantitative estimate of drug-likeness (QED) is 0.824. The summed E-state index contributed by atoms with van der Waals surface area (Å²) < 4.78 is 1.16. The zero-order chi connectivity index (χ0) is 12.5. The summed E-state index contributed by atoms with van der Waals surface area (Å²) in [5.41, 5.74) is 0.770. The van der Waals surface area contributed by atoms with E-state index < -0.39 is 0 Å². The predicted molar refractivity (Wildman–Crippen MR) is 79.6 cm³/mol. The molecule has 4 rings (SSSR count). The highest BCUT2D eigenvalue weighted by Crippen LogP contribution is 2.27. The number of fused-ring (bicyclic) bond motifs is 3. The molecule has 3 heterocycles. The normalized spacial score (nSPS) is 30.2. The smallest absolute Gasteiger partial charge is 0.251 e. The molecule has 4 heteroatoms. The third-order valence-corrected chi connectivity index (χ3v) is 4.80. The van der Waals surface area contributed by atoms with Crippen molar-refractivity contribution in [2.24, 2.45) is 5.92 Å². The van der Waals surface area contributed by atoms with Crippen LogP contribution in [-0.4, -0.2) is 36.5 Å². The Morgan fingerprint density at radius 3 is 2.44 bits per heavy atom. The highest BCUT2D eigenvalue weighted by Gasteiger charge is 2.34. The second-order valence-electron chi connectivity index (χ2n) is 5.22. The second kappa shape index (κ2) is 5.17. The Kier molecular flexibility index (Phi) is 3.56. The number of amides is 1. The van der Waals surface area contributed by atoms with Gasteiger partial charge in [-0.25, -0.2) is 0 Å². The average Bonchev–Trinajstić information content (AvgIpc) is 2.41. The molecular formula is C14H17IN2O. The minimum atomic E-state index is 0.0742. The Morgan fingerprint density at radius 1 is 1.22 bits per heavy atom. The van der Waals surface area contributed by atoms with E-state index in [9.17, 15) is 4.79 Å². The molecule has 1 N–H and O–H groups in total. The number of carbonyl (C=O) groups excluding carboxylic acids is 1. The molecule has 18 heavy (non-hydrogen) atoms. The van der Waals surface area contributed by atoms with E-state index >= 15 is 0 Å². The molecule has 96 valence electrons. The van der Waals surface area contributed by atoms with Crippen molar-refractivity contribution in [3.63, 3.8) is 0 Å². The van der Waals surface area contributed by atoms with E-state index in [-0.39, 0.29) is 5.91 Å². The van der Waals surface area contributed by atoms with E-state index in [2.05, 4.69) is 32.8 Å². The highest BCUT2D eigenvalue weighted by molar-refractivity contribution is 14.1. The van der Waals surface area contributed by atoms with Crippen LogP contribution in [0.3, 0.4) is 0 Å². The Bertz CT molecular complexity index is 438. The summed E-state index contributed by atoms with van der Waals surface area (Å²) in [5, 5.41) is 3.20. The molecule has 3 fully saturated rings. The summed E-state index contributed by atoms with van der Waals surface area (Å²) in [4.78, 5) is 14.6. The first-order chi connectivity index (χ1) is 8.72. The van der Waals surface area contributed by atoms with Gasteiger partial charge in [-0.3, -0.25) is 4.79 Å². The van der Waals surface area contributed by atoms with Gasteiger partial charge in [-0.15, -0.1) is 0 Å². The monoisotopic (exact) mass is 356 g/mol. The maximum atomic E-state index is 12.2. The first kappa shape index (κ1) is 12.4. The van der Waals surface area contributed by atoms with Gasteiger partial charge in [-0.1, -0.05) is 0 Å². The molecule has 3 aliphatic heterocycles. The third-order valence-electron chi connectivity index (χ3n) is 4.08. The third kappa shape index (κ3) is 2.54. The second-order valence-corrected chi connectivity index (χ2v) is 6.47. The number of carbonyl (C=O) groups is 1. The van der Waals surface area contributed by atoms with Crippen molar-refractivity contribution in [3.05, 3.63) is 33.4 Å². The van der Waals surface area contributed by atoms with Gasteiger partial charge in [0.25, 0.3) is 5.91 Å². The number of rotatable bonds is 2. The molecule has 1 atom stereocenters. The average molecular weight is 356 g/mol. The maximum absolute atomic E-state index is 12.2. The van der Waals surface area contributed by atoms with Crippen molar-refractivity contribution in [3.8, 4) is 0 Å². The van der Waals surface area contributed by atoms with Crippen LogP contribution < -0.4 is 5.32 Å². The standard InChI is InChI=1S/C14H17IN2O/c15-12-3-1-11(2-4-12)14(18)16-13-9-17-7-5-10(13)6-8-17/h1-4,10,13H,5-9H2,(H,16,18)/t13-/m1/s1. The van der Waals surface area contributed by atoms with Crippen LogP contribution in [0.15, 0.2) is 24.3 Å². The number of nitrogens with one attached hydrogen (secondary N) is 1. The molecule has 3 saturated heterocycles. The largest absolute Gasteiger partial charge is 0.348 e. The Balaban J connectivity index is 1.66. The van der Waals surface area contributed by atoms with Crippen molar-refractivity contribution in [2.75, 3.05) is 19.6 Å². The minimum absolute atomic E-state index is 0.0742. The van der Waals surface area contributed by atoms with Crippen molar-refractivity contribution < 1.29 is 4.79 Å². The lowest BCUT2D eigenvalue weighted by atomic mass is 9.84. The molecule has 0 aromatic heterocycles. The van der Waals surface area contributed by atoms with Gasteiger partial charge in [0, 0.05) is 21.7 Å². The molecule has 1 aromatic rings. The zero-order valence-corrected chi connectivity index (χ0v) is 12.4. The lowest BCUT2D eigenvalue weighted by Crippen LogP contribution is -2.57. The zero-order valence-electron chi connectivity index (χ0n) is 10.2. The van der Waals surface area contributed by atoms with Gasteiger partial charge in [0.2, 0.25) is 0 Å². The first-order valence-electron chi connectivity index (χ1n) is 6.51. The molecule has 2 bridgehead atoms. The fourth-order valence-corrected chi connectivity index (χ4v) is 3.34. The van der Waals surface area contributed by atoms with Crippen molar-refractivity contribution in [1.82, 2.24) is 10.2 Å². The van der Waals surface area contributed by atoms with Crippen LogP contribution in [0.1, 0.15) is 23.2 Å². The predicted octanol–water partition coefficient (Wildman–Crippen LogP) is 2.12. The van der Waals surface area contributed by atoms with E-state index in [0.717, 1.165) is 15.7 Å². The van der Waals surface area contributed by atoms with Crippen molar-refractivity contribution in [1.29, 1.82) is 0 Å². The van der Waals surface area contributed by atoms with E-state index in [4.69, 9.17) is 0 Å². The molecular weight excluding hydrogens is 339 g/mol. The lowest BCUT2D eigenvalue weighted by molar-refractivity contribution is 0.0620. The van der Waals surface area contributed by atoms with Gasteiger partial charge in [0.15, 0.2) is 0 Å². The summed E-state index contributed by atoms with van der Waals surface area (Å²) >= 11 is 2.25. The topological polar surface area (TPSA) is 32.3 Å². The Morgan fingerprint density at radius 2 is 1.89 bits per heavy atom. The van der Waals surface area contributed by atoms with Crippen LogP contribution in [0.4, 0.5) is 0 Å². The fourth-order valence-electron chi connectivity index (χ4n) is 2.98. The van der Waals surface area contributed by atoms with Gasteiger partial charge >= 0.3 is 0 Å². The number of benzene rings is 1. The molecule has 3 nitrogen and oxygen atoms in total. The van der Waals surface area contributed by atoms with Crippen LogP contribution in [0.25, 0.3) is 0 Å². The summed E-state index contributed by atoms with van der Waals surface area (Å²) in [6.07, 6.45) is 2.47. The molecule has 0 aliphatic carbocycles. The molecule has 0 radical (unpaired) electrons. The Hall–Kier alpha value is -0.620. The molecule has 3 aliphatic rings. The molecule has 1 aromatic carbocycles. The number of hydrogen-bond acceptors (Lipinski definition) is 2. The molecule has 0 unspecified atom stereocenters. The molecule has 0 saturated carbocycles. The van der Waals surface area contributed by atoms with Crippen molar-refractivity contribution in [2.45, 2.75) is 18.9 Å². The summed E-state index contributed by atoms with van der Waals surface area (Å²) in [7, 11) is 0. The van der Waals surface area contributed by atoms with Crippen LogP contribution >= 0.6 is 22.6 Å². The Labute approximate surface area is 121 Å². The van der Waals surface area contributed by atoms with Gasteiger partial charge in [-0.2, -0.15) is 0 Å². The summed E-state index contributed by atoms with van der Waals surface area (Å²) in [6.45, 7) is 3.45. The van der Waals surface area contributed by atoms with E-state index in [1.807, 2.05) is 24.3 Å². The van der Waals surface area contributed by atoms with Gasteiger partial charge in [-0.05, 0) is 78.7 Å². The maximum Gasteiger partial charge on any atom is 0.251 e. The van der Waals surface area contributed by atoms with Crippen LogP contribution in [0, 0.1) is 9.49 Å². The van der Waals surface area contributed by atoms with Gasteiger partial charge in [0.05, 0.1) is 0 Å². The number of nitrogens with zero attached hydrogens (tertiary/aromatic N) is 1. The SMILES string of the molecule is O=C(N[C@@H]1CN2CCC1CC2)c1ccc(I)cc1. The van der Waals surface area contributed by atoms with E-state index in [0.29, 0.717) is 12.0 Å². The van der Waals surface area contributed by atoms with Gasteiger partial charge in [0.1, 0.15) is 0 Å². The fraction of sp³-hybridized carbons (Fsp3) is 0.500. The first-order valence-corrected chi connectivity index (χ1v) is 7.59. The lowest BCUT2D eigenvalue weighted by Gasteiger charge is -2.44. The molecule has 0 spiro atoms. The summed E-state index contributed by atoms with van der Waals surface area (Å²) in [6, 6.07) is 8.11. The number of piperidine rings is 3. The molecule has 1 amide bonds. The van der Waals surface area contributed by atoms with E-state index in [1.54, 1.807) is 0 Å². The summed E-state index contributed by atoms with van der Waals surface area (Å²) in [5.74, 6) is 0.757. The van der Waals surface area contributed by atoms with Crippen LogP contribution in [0.2, 0.25) is 0 Å². The van der Waals surface area contributed by atoms with Gasteiger partial charge < -0.3 is 10.2 Å². The highest BCUT2D eigenvalue weighted by atomic mass is 127. The number of hydrogen-bond donors (Lipinski definition) is 1. The minimum Gasteiger partial charge on any atom is -0.348 e.